The molecule has 5 nitrogen and oxygen atoms in total. The molecular weight excluding hydrogens is 268 g/mol. The first kappa shape index (κ1) is 15.5. The molecule has 5 heteroatoms. The first-order chi connectivity index (χ1) is 10.1. The number of nitrogens with one attached hydrogen (secondary N) is 2. The second-order valence-electron chi connectivity index (χ2n) is 5.58. The van der Waals surface area contributed by atoms with Crippen LogP contribution in [-0.2, 0) is 4.79 Å². The van der Waals surface area contributed by atoms with Gasteiger partial charge in [0.15, 0.2) is 0 Å². The van der Waals surface area contributed by atoms with Crippen LogP contribution in [0.5, 0.6) is 0 Å². The fraction of sp³-hybridized carbons (Fsp3) is 0.500. The quantitative estimate of drug-likeness (QED) is 0.775. The SMILES string of the molecule is CC(=O)Nc1ccc(C(=O)NCC(O)C2CCCC2)cc1. The van der Waals surface area contributed by atoms with Gasteiger partial charge in [-0.1, -0.05) is 12.8 Å². The van der Waals surface area contributed by atoms with Gasteiger partial charge in [-0.3, -0.25) is 9.59 Å². The number of carbonyl (C=O) groups excluding carboxylic acids is 2. The molecule has 2 rings (SSSR count). The van der Waals surface area contributed by atoms with Gasteiger partial charge in [0, 0.05) is 24.7 Å². The zero-order valence-electron chi connectivity index (χ0n) is 12.3. The molecule has 0 spiro atoms. The summed E-state index contributed by atoms with van der Waals surface area (Å²) in [6, 6.07) is 6.68. The summed E-state index contributed by atoms with van der Waals surface area (Å²) in [5.41, 5.74) is 1.17. The normalized spacial score (nSPS) is 16.5. The fourth-order valence-corrected chi connectivity index (χ4v) is 2.72. The number of benzene rings is 1. The monoisotopic (exact) mass is 290 g/mol. The van der Waals surface area contributed by atoms with Gasteiger partial charge in [0.25, 0.3) is 5.91 Å². The molecule has 0 heterocycles. The van der Waals surface area contributed by atoms with Crippen molar-refractivity contribution in [2.24, 2.45) is 5.92 Å². The molecule has 0 saturated heterocycles. The van der Waals surface area contributed by atoms with E-state index in [0.29, 0.717) is 17.2 Å². The summed E-state index contributed by atoms with van der Waals surface area (Å²) in [6.07, 6.45) is 3.96. The second kappa shape index (κ2) is 7.22. The van der Waals surface area contributed by atoms with Crippen LogP contribution in [0.15, 0.2) is 24.3 Å². The molecule has 1 aromatic carbocycles. The Hall–Kier alpha value is -1.88. The zero-order valence-corrected chi connectivity index (χ0v) is 12.3. The molecule has 0 bridgehead atoms. The molecule has 0 aromatic heterocycles. The molecular formula is C16H22N2O3. The van der Waals surface area contributed by atoms with Crippen molar-refractivity contribution in [3.8, 4) is 0 Å². The average Bonchev–Trinajstić information content (AvgIpc) is 2.99. The van der Waals surface area contributed by atoms with Gasteiger partial charge in [0.1, 0.15) is 0 Å². The van der Waals surface area contributed by atoms with E-state index in [1.807, 2.05) is 0 Å². The Balaban J connectivity index is 1.83. The summed E-state index contributed by atoms with van der Waals surface area (Å²) in [6.45, 7) is 1.72. The molecule has 1 atom stereocenters. The first-order valence-corrected chi connectivity index (χ1v) is 7.40. The Labute approximate surface area is 124 Å². The van der Waals surface area contributed by atoms with E-state index in [-0.39, 0.29) is 18.4 Å². The topological polar surface area (TPSA) is 78.4 Å². The lowest BCUT2D eigenvalue weighted by molar-refractivity contribution is -0.114. The molecule has 1 aromatic rings. The highest BCUT2D eigenvalue weighted by Gasteiger charge is 2.23. The third-order valence-corrected chi connectivity index (χ3v) is 3.88. The molecule has 0 radical (unpaired) electrons. The van der Waals surface area contributed by atoms with E-state index in [0.717, 1.165) is 12.8 Å². The highest BCUT2D eigenvalue weighted by molar-refractivity contribution is 5.95. The number of rotatable bonds is 5. The van der Waals surface area contributed by atoms with E-state index in [9.17, 15) is 14.7 Å². The first-order valence-electron chi connectivity index (χ1n) is 7.40. The van der Waals surface area contributed by atoms with Gasteiger partial charge < -0.3 is 15.7 Å². The number of anilines is 1. The zero-order chi connectivity index (χ0) is 15.2. The Kier molecular flexibility index (Phi) is 5.33. The largest absolute Gasteiger partial charge is 0.391 e. The number of carbonyl (C=O) groups is 2. The summed E-state index contributed by atoms with van der Waals surface area (Å²) in [5, 5.41) is 15.4. The molecule has 114 valence electrons. The van der Waals surface area contributed by atoms with Crippen molar-refractivity contribution < 1.29 is 14.7 Å². The van der Waals surface area contributed by atoms with Crippen LogP contribution >= 0.6 is 0 Å². The molecule has 0 aliphatic heterocycles. The molecule has 21 heavy (non-hydrogen) atoms. The van der Waals surface area contributed by atoms with Crippen LogP contribution in [0, 0.1) is 5.92 Å². The summed E-state index contributed by atoms with van der Waals surface area (Å²) in [7, 11) is 0. The van der Waals surface area contributed by atoms with Crippen LogP contribution in [0.2, 0.25) is 0 Å². The molecule has 1 aliphatic rings. The predicted molar refractivity (Wildman–Crippen MR) is 81.0 cm³/mol. The number of amides is 2. The van der Waals surface area contributed by atoms with E-state index in [2.05, 4.69) is 10.6 Å². The van der Waals surface area contributed by atoms with Crippen LogP contribution < -0.4 is 10.6 Å². The van der Waals surface area contributed by atoms with Crippen molar-refractivity contribution in [1.29, 1.82) is 0 Å². The van der Waals surface area contributed by atoms with E-state index in [1.165, 1.54) is 19.8 Å². The average molecular weight is 290 g/mol. The Morgan fingerprint density at radius 3 is 2.43 bits per heavy atom. The van der Waals surface area contributed by atoms with Gasteiger partial charge in [0.2, 0.25) is 5.91 Å². The molecule has 1 unspecified atom stereocenters. The van der Waals surface area contributed by atoms with Crippen LogP contribution in [0.1, 0.15) is 43.0 Å². The van der Waals surface area contributed by atoms with E-state index < -0.39 is 6.10 Å². The summed E-state index contributed by atoms with van der Waals surface area (Å²) in [5.74, 6) is -0.0410. The summed E-state index contributed by atoms with van der Waals surface area (Å²) < 4.78 is 0. The van der Waals surface area contributed by atoms with E-state index in [4.69, 9.17) is 0 Å². The Bertz CT molecular complexity index is 493. The van der Waals surface area contributed by atoms with Crippen molar-refractivity contribution in [1.82, 2.24) is 5.32 Å². The molecule has 3 N–H and O–H groups in total. The van der Waals surface area contributed by atoms with Crippen molar-refractivity contribution in [3.05, 3.63) is 29.8 Å². The van der Waals surface area contributed by atoms with E-state index >= 15 is 0 Å². The molecule has 1 fully saturated rings. The van der Waals surface area contributed by atoms with Crippen molar-refractivity contribution in [3.63, 3.8) is 0 Å². The minimum absolute atomic E-state index is 0.146. The molecule has 2 amide bonds. The van der Waals surface area contributed by atoms with Gasteiger partial charge in [-0.15, -0.1) is 0 Å². The maximum atomic E-state index is 12.0. The lowest BCUT2D eigenvalue weighted by Crippen LogP contribution is -2.35. The van der Waals surface area contributed by atoms with Crippen LogP contribution in [0.4, 0.5) is 5.69 Å². The Morgan fingerprint density at radius 1 is 1.24 bits per heavy atom. The standard InChI is InChI=1S/C16H22N2O3/c1-11(19)18-14-8-6-13(7-9-14)16(21)17-10-15(20)12-4-2-3-5-12/h6-9,12,15,20H,2-5,10H2,1H3,(H,17,21)(H,18,19). The predicted octanol–water partition coefficient (Wildman–Crippen LogP) is 1.93. The Morgan fingerprint density at radius 2 is 1.86 bits per heavy atom. The third kappa shape index (κ3) is 4.56. The van der Waals surface area contributed by atoms with Crippen LogP contribution in [-0.4, -0.2) is 29.6 Å². The number of aliphatic hydroxyl groups excluding tert-OH is 1. The number of aliphatic hydroxyl groups is 1. The minimum atomic E-state index is -0.463. The second-order valence-corrected chi connectivity index (χ2v) is 5.58. The summed E-state index contributed by atoms with van der Waals surface area (Å²) in [4.78, 5) is 22.9. The molecule has 1 saturated carbocycles. The van der Waals surface area contributed by atoms with Crippen LogP contribution in [0.25, 0.3) is 0 Å². The van der Waals surface area contributed by atoms with Crippen molar-refractivity contribution in [2.45, 2.75) is 38.7 Å². The number of hydrogen-bond acceptors (Lipinski definition) is 3. The van der Waals surface area contributed by atoms with Gasteiger partial charge in [0.05, 0.1) is 6.10 Å². The maximum Gasteiger partial charge on any atom is 0.251 e. The van der Waals surface area contributed by atoms with Gasteiger partial charge in [-0.05, 0) is 43.0 Å². The molecule has 1 aliphatic carbocycles. The maximum absolute atomic E-state index is 12.0. The van der Waals surface area contributed by atoms with Crippen LogP contribution in [0.3, 0.4) is 0 Å². The number of hydrogen-bond donors (Lipinski definition) is 3. The fourth-order valence-electron chi connectivity index (χ4n) is 2.72. The highest BCUT2D eigenvalue weighted by atomic mass is 16.3. The van der Waals surface area contributed by atoms with Gasteiger partial charge in [-0.25, -0.2) is 0 Å². The lowest BCUT2D eigenvalue weighted by atomic mass is 10.0. The van der Waals surface area contributed by atoms with E-state index in [1.54, 1.807) is 24.3 Å². The third-order valence-electron chi connectivity index (χ3n) is 3.88. The smallest absolute Gasteiger partial charge is 0.251 e. The van der Waals surface area contributed by atoms with Gasteiger partial charge in [-0.2, -0.15) is 0 Å². The van der Waals surface area contributed by atoms with Crippen molar-refractivity contribution in [2.75, 3.05) is 11.9 Å². The highest BCUT2D eigenvalue weighted by Crippen LogP contribution is 2.27. The van der Waals surface area contributed by atoms with Crippen molar-refractivity contribution >= 4 is 17.5 Å². The summed E-state index contributed by atoms with van der Waals surface area (Å²) >= 11 is 0. The minimum Gasteiger partial charge on any atom is -0.391 e. The van der Waals surface area contributed by atoms with Gasteiger partial charge >= 0.3 is 0 Å². The lowest BCUT2D eigenvalue weighted by Gasteiger charge is -2.18.